The fourth-order valence-electron chi connectivity index (χ4n) is 3.49. The van der Waals surface area contributed by atoms with Gasteiger partial charge in [0.25, 0.3) is 0 Å². The maximum Gasteiger partial charge on any atom is 0.234 e. The zero-order chi connectivity index (χ0) is 13.6. The molecule has 5 nitrogen and oxygen atoms in total. The van der Waals surface area contributed by atoms with Gasteiger partial charge in [0, 0.05) is 17.9 Å². The van der Waals surface area contributed by atoms with Crippen molar-refractivity contribution in [1.82, 2.24) is 25.1 Å². The third-order valence-electron chi connectivity index (χ3n) is 4.91. The Balaban J connectivity index is 1.74. The van der Waals surface area contributed by atoms with Crippen molar-refractivity contribution in [2.75, 3.05) is 13.1 Å². The summed E-state index contributed by atoms with van der Waals surface area (Å²) in [6.07, 6.45) is 7.43. The van der Waals surface area contributed by atoms with Crippen LogP contribution >= 0.6 is 11.3 Å². The Bertz CT molecular complexity index is 606. The zero-order valence-corrected chi connectivity index (χ0v) is 12.7. The SMILES string of the molecule is CCCC1(c2nn3c(C4CCC4)nnc3s2)CCNC1. The molecule has 1 N–H and O–H groups in total. The van der Waals surface area contributed by atoms with E-state index in [2.05, 4.69) is 22.4 Å². The highest BCUT2D eigenvalue weighted by molar-refractivity contribution is 7.16. The average Bonchev–Trinajstić information content (AvgIpc) is 3.04. The van der Waals surface area contributed by atoms with Crippen LogP contribution in [0.25, 0.3) is 4.96 Å². The van der Waals surface area contributed by atoms with Gasteiger partial charge in [0.1, 0.15) is 5.01 Å². The molecule has 1 atom stereocenters. The Morgan fingerprint density at radius 2 is 2.30 bits per heavy atom. The maximum atomic E-state index is 4.92. The molecule has 1 saturated heterocycles. The minimum atomic E-state index is 0.233. The third-order valence-corrected chi connectivity index (χ3v) is 6.06. The molecule has 2 fully saturated rings. The highest BCUT2D eigenvalue weighted by Gasteiger charge is 2.39. The molecule has 4 rings (SSSR count). The molecule has 2 aliphatic rings. The number of hydrogen-bond acceptors (Lipinski definition) is 5. The van der Waals surface area contributed by atoms with Crippen molar-refractivity contribution in [1.29, 1.82) is 0 Å². The van der Waals surface area contributed by atoms with Gasteiger partial charge in [-0.1, -0.05) is 31.1 Å². The molecule has 0 amide bonds. The van der Waals surface area contributed by atoms with E-state index in [-0.39, 0.29) is 5.41 Å². The van der Waals surface area contributed by atoms with Crippen LogP contribution in [-0.2, 0) is 5.41 Å². The fraction of sp³-hybridized carbons (Fsp3) is 0.786. The lowest BCUT2D eigenvalue weighted by molar-refractivity contribution is 0.389. The fourth-order valence-corrected chi connectivity index (χ4v) is 4.58. The van der Waals surface area contributed by atoms with E-state index in [0.29, 0.717) is 5.92 Å². The van der Waals surface area contributed by atoms with Crippen LogP contribution in [-0.4, -0.2) is 32.9 Å². The second-order valence-corrected chi connectivity index (χ2v) is 7.20. The van der Waals surface area contributed by atoms with Gasteiger partial charge in [-0.05, 0) is 32.2 Å². The predicted octanol–water partition coefficient (Wildman–Crippen LogP) is 2.48. The Morgan fingerprint density at radius 1 is 1.40 bits per heavy atom. The number of nitrogens with one attached hydrogen (secondary N) is 1. The molecule has 2 aromatic heterocycles. The molecular formula is C14H21N5S. The summed E-state index contributed by atoms with van der Waals surface area (Å²) in [6, 6.07) is 0. The van der Waals surface area contributed by atoms with Crippen molar-refractivity contribution in [3.8, 4) is 0 Å². The Labute approximate surface area is 122 Å². The van der Waals surface area contributed by atoms with Crippen LogP contribution in [0.2, 0.25) is 0 Å². The molecule has 0 aromatic carbocycles. The summed E-state index contributed by atoms with van der Waals surface area (Å²) in [4.78, 5) is 0.976. The van der Waals surface area contributed by atoms with Crippen LogP contribution in [0.4, 0.5) is 0 Å². The number of rotatable bonds is 4. The molecule has 6 heteroatoms. The highest BCUT2D eigenvalue weighted by atomic mass is 32.1. The van der Waals surface area contributed by atoms with Crippen LogP contribution in [0.1, 0.15) is 62.2 Å². The van der Waals surface area contributed by atoms with Crippen molar-refractivity contribution in [3.63, 3.8) is 0 Å². The van der Waals surface area contributed by atoms with Gasteiger partial charge in [-0.15, -0.1) is 10.2 Å². The molecule has 1 saturated carbocycles. The molecular weight excluding hydrogens is 270 g/mol. The van der Waals surface area contributed by atoms with Gasteiger partial charge in [0.2, 0.25) is 4.96 Å². The molecule has 3 heterocycles. The van der Waals surface area contributed by atoms with Crippen molar-refractivity contribution in [2.24, 2.45) is 0 Å². The van der Waals surface area contributed by atoms with Crippen LogP contribution in [0, 0.1) is 0 Å². The molecule has 20 heavy (non-hydrogen) atoms. The lowest BCUT2D eigenvalue weighted by atomic mass is 9.83. The van der Waals surface area contributed by atoms with E-state index in [0.717, 1.165) is 23.9 Å². The monoisotopic (exact) mass is 291 g/mol. The van der Waals surface area contributed by atoms with Crippen LogP contribution in [0.15, 0.2) is 0 Å². The summed E-state index contributed by atoms with van der Waals surface area (Å²) in [7, 11) is 0. The second-order valence-electron chi connectivity index (χ2n) is 6.24. The van der Waals surface area contributed by atoms with E-state index in [1.54, 1.807) is 11.3 Å². The summed E-state index contributed by atoms with van der Waals surface area (Å²) in [5.74, 6) is 1.68. The molecule has 0 bridgehead atoms. The first-order chi connectivity index (χ1) is 9.82. The van der Waals surface area contributed by atoms with Gasteiger partial charge < -0.3 is 5.32 Å². The lowest BCUT2D eigenvalue weighted by Gasteiger charge is -2.25. The Hall–Kier alpha value is -1.01. The lowest BCUT2D eigenvalue weighted by Crippen LogP contribution is -2.29. The van der Waals surface area contributed by atoms with Crippen molar-refractivity contribution in [3.05, 3.63) is 10.8 Å². The largest absolute Gasteiger partial charge is 0.316 e. The molecule has 1 aliphatic carbocycles. The Kier molecular flexibility index (Phi) is 3.03. The van der Waals surface area contributed by atoms with Crippen molar-refractivity contribution >= 4 is 16.3 Å². The molecule has 1 unspecified atom stereocenters. The summed E-state index contributed by atoms with van der Waals surface area (Å²) >= 11 is 1.74. The number of aromatic nitrogens is 4. The number of nitrogens with zero attached hydrogens (tertiary/aromatic N) is 4. The van der Waals surface area contributed by atoms with Gasteiger partial charge in [-0.25, -0.2) is 0 Å². The number of hydrogen-bond donors (Lipinski definition) is 1. The molecule has 1 aliphatic heterocycles. The van der Waals surface area contributed by atoms with E-state index in [1.165, 1.54) is 43.5 Å². The van der Waals surface area contributed by atoms with E-state index in [1.807, 2.05) is 4.52 Å². The summed E-state index contributed by atoms with van der Waals surface area (Å²) in [5.41, 5.74) is 0.233. The molecule has 0 radical (unpaired) electrons. The smallest absolute Gasteiger partial charge is 0.234 e. The summed E-state index contributed by atoms with van der Waals surface area (Å²) < 4.78 is 2.03. The highest BCUT2D eigenvalue weighted by Crippen LogP contribution is 2.40. The van der Waals surface area contributed by atoms with Gasteiger partial charge >= 0.3 is 0 Å². The first-order valence-electron chi connectivity index (χ1n) is 7.76. The summed E-state index contributed by atoms with van der Waals surface area (Å²) in [5, 5.41) is 18.4. The van der Waals surface area contributed by atoms with Crippen LogP contribution in [0.3, 0.4) is 0 Å². The molecule has 2 aromatic rings. The number of fused-ring (bicyclic) bond motifs is 1. The molecule has 108 valence electrons. The minimum absolute atomic E-state index is 0.233. The first kappa shape index (κ1) is 12.7. The first-order valence-corrected chi connectivity index (χ1v) is 8.57. The van der Waals surface area contributed by atoms with E-state index < -0.39 is 0 Å². The van der Waals surface area contributed by atoms with Gasteiger partial charge in [-0.3, -0.25) is 0 Å². The minimum Gasteiger partial charge on any atom is -0.316 e. The maximum absolute atomic E-state index is 4.92. The molecule has 0 spiro atoms. The van der Waals surface area contributed by atoms with Crippen LogP contribution in [0.5, 0.6) is 0 Å². The van der Waals surface area contributed by atoms with E-state index in [4.69, 9.17) is 5.10 Å². The third kappa shape index (κ3) is 1.81. The van der Waals surface area contributed by atoms with E-state index >= 15 is 0 Å². The standard InChI is InChI=1S/C14H21N5S/c1-2-6-14(7-8-15-9-14)12-18-19-11(10-4-3-5-10)16-17-13(19)20-12/h10,15H,2-9H2,1H3. The summed E-state index contributed by atoms with van der Waals surface area (Å²) in [6.45, 7) is 4.43. The topological polar surface area (TPSA) is 55.1 Å². The van der Waals surface area contributed by atoms with Crippen LogP contribution < -0.4 is 5.32 Å². The average molecular weight is 291 g/mol. The van der Waals surface area contributed by atoms with Crippen molar-refractivity contribution < 1.29 is 0 Å². The van der Waals surface area contributed by atoms with Gasteiger partial charge in [-0.2, -0.15) is 9.61 Å². The predicted molar refractivity (Wildman–Crippen MR) is 79.3 cm³/mol. The van der Waals surface area contributed by atoms with E-state index in [9.17, 15) is 0 Å². The normalized spacial score (nSPS) is 27.2. The quantitative estimate of drug-likeness (QED) is 0.940. The zero-order valence-electron chi connectivity index (χ0n) is 11.9. The van der Waals surface area contributed by atoms with Gasteiger partial charge in [0.05, 0.1) is 0 Å². The Morgan fingerprint density at radius 3 is 2.95 bits per heavy atom. The van der Waals surface area contributed by atoms with Crippen molar-refractivity contribution in [2.45, 2.75) is 56.8 Å². The second kappa shape index (κ2) is 4.77. The van der Waals surface area contributed by atoms with Gasteiger partial charge in [0.15, 0.2) is 5.82 Å².